The van der Waals surface area contributed by atoms with E-state index < -0.39 is 6.10 Å². The van der Waals surface area contributed by atoms with E-state index >= 15 is 0 Å². The Bertz CT molecular complexity index is 487. The Kier molecular flexibility index (Phi) is 5.42. The lowest BCUT2D eigenvalue weighted by atomic mass is 10.1. The van der Waals surface area contributed by atoms with E-state index in [4.69, 9.17) is 4.52 Å². The van der Waals surface area contributed by atoms with Crippen LogP contribution in [0.15, 0.2) is 34.9 Å². The quantitative estimate of drug-likeness (QED) is 0.843. The van der Waals surface area contributed by atoms with E-state index in [9.17, 15) is 5.11 Å². The third-order valence-electron chi connectivity index (χ3n) is 2.67. The minimum Gasteiger partial charge on any atom is -0.388 e. The molecule has 5 heteroatoms. The van der Waals surface area contributed by atoms with Gasteiger partial charge in [0, 0.05) is 12.2 Å². The van der Waals surface area contributed by atoms with Crippen LogP contribution in [0.1, 0.15) is 36.7 Å². The highest BCUT2D eigenvalue weighted by Crippen LogP contribution is 2.20. The largest absolute Gasteiger partial charge is 0.388 e. The van der Waals surface area contributed by atoms with Crippen LogP contribution in [-0.4, -0.2) is 21.0 Å². The van der Waals surface area contributed by atoms with Crippen LogP contribution in [0.5, 0.6) is 0 Å². The minimum absolute atomic E-state index is 0.451. The average molecular weight is 278 g/mol. The smallest absolute Gasteiger partial charge is 0.226 e. The zero-order valence-corrected chi connectivity index (χ0v) is 11.8. The lowest BCUT2D eigenvalue weighted by molar-refractivity contribution is 0.204. The van der Waals surface area contributed by atoms with Gasteiger partial charge < -0.3 is 9.63 Å². The first-order chi connectivity index (χ1) is 9.29. The van der Waals surface area contributed by atoms with Gasteiger partial charge in [-0.15, -0.1) is 0 Å². The average Bonchev–Trinajstić information content (AvgIpc) is 2.88. The Labute approximate surface area is 117 Å². The van der Waals surface area contributed by atoms with Crippen molar-refractivity contribution in [2.45, 2.75) is 31.6 Å². The SMILES string of the molecule is CCCc1nc(CSCC(O)c2ccccc2)no1. The molecule has 2 aromatic rings. The maximum Gasteiger partial charge on any atom is 0.226 e. The lowest BCUT2D eigenvalue weighted by Crippen LogP contribution is -2.00. The van der Waals surface area contributed by atoms with Gasteiger partial charge in [-0.3, -0.25) is 0 Å². The Morgan fingerprint density at radius 3 is 2.84 bits per heavy atom. The fourth-order valence-electron chi connectivity index (χ4n) is 1.70. The van der Waals surface area contributed by atoms with E-state index in [1.165, 1.54) is 0 Å². The molecular weight excluding hydrogens is 260 g/mol. The highest BCUT2D eigenvalue weighted by molar-refractivity contribution is 7.98. The summed E-state index contributed by atoms with van der Waals surface area (Å²) < 4.78 is 5.11. The van der Waals surface area contributed by atoms with Gasteiger partial charge in [-0.05, 0) is 12.0 Å². The molecule has 19 heavy (non-hydrogen) atoms. The van der Waals surface area contributed by atoms with Gasteiger partial charge in [0.15, 0.2) is 5.82 Å². The van der Waals surface area contributed by atoms with Crippen molar-refractivity contribution in [3.05, 3.63) is 47.6 Å². The molecular formula is C14H18N2O2S. The van der Waals surface area contributed by atoms with Crippen LogP contribution < -0.4 is 0 Å². The zero-order valence-electron chi connectivity index (χ0n) is 11.0. The molecule has 1 unspecified atom stereocenters. The van der Waals surface area contributed by atoms with Crippen molar-refractivity contribution in [1.82, 2.24) is 10.1 Å². The summed E-state index contributed by atoms with van der Waals surface area (Å²) in [6.45, 7) is 2.08. The number of hydrogen-bond donors (Lipinski definition) is 1. The van der Waals surface area contributed by atoms with E-state index in [1.54, 1.807) is 11.8 Å². The first-order valence-corrected chi connectivity index (χ1v) is 7.57. The van der Waals surface area contributed by atoms with E-state index in [-0.39, 0.29) is 0 Å². The van der Waals surface area contributed by atoms with Gasteiger partial charge in [0.1, 0.15) is 0 Å². The molecule has 0 aliphatic heterocycles. The third-order valence-corrected chi connectivity index (χ3v) is 3.68. The molecule has 0 radical (unpaired) electrons. The van der Waals surface area contributed by atoms with E-state index in [0.717, 1.165) is 18.4 Å². The summed E-state index contributed by atoms with van der Waals surface area (Å²) in [6, 6.07) is 9.66. The predicted molar refractivity (Wildman–Crippen MR) is 75.9 cm³/mol. The zero-order chi connectivity index (χ0) is 13.5. The fourth-order valence-corrected chi connectivity index (χ4v) is 2.53. The Morgan fingerprint density at radius 1 is 1.32 bits per heavy atom. The molecule has 0 saturated carbocycles. The summed E-state index contributed by atoms with van der Waals surface area (Å²) >= 11 is 1.61. The first-order valence-electron chi connectivity index (χ1n) is 6.41. The molecule has 0 spiro atoms. The number of rotatable bonds is 7. The summed E-state index contributed by atoms with van der Waals surface area (Å²) in [5, 5.41) is 13.9. The second-order valence-corrected chi connectivity index (χ2v) is 5.33. The number of benzene rings is 1. The van der Waals surface area contributed by atoms with Crippen LogP contribution in [0.3, 0.4) is 0 Å². The summed E-state index contributed by atoms with van der Waals surface area (Å²) in [4.78, 5) is 4.29. The van der Waals surface area contributed by atoms with Crippen LogP contribution >= 0.6 is 11.8 Å². The molecule has 0 amide bonds. The van der Waals surface area contributed by atoms with Gasteiger partial charge in [0.25, 0.3) is 0 Å². The molecule has 102 valence electrons. The molecule has 0 fully saturated rings. The Morgan fingerprint density at radius 2 is 2.11 bits per heavy atom. The number of hydrogen-bond acceptors (Lipinski definition) is 5. The number of aryl methyl sites for hydroxylation is 1. The van der Waals surface area contributed by atoms with Crippen LogP contribution in [0.2, 0.25) is 0 Å². The predicted octanol–water partition coefficient (Wildman–Crippen LogP) is 2.99. The van der Waals surface area contributed by atoms with E-state index in [0.29, 0.717) is 23.2 Å². The molecule has 0 aliphatic carbocycles. The summed E-state index contributed by atoms with van der Waals surface area (Å²) in [7, 11) is 0. The molecule has 1 aromatic heterocycles. The Hall–Kier alpha value is -1.33. The van der Waals surface area contributed by atoms with Crippen molar-refractivity contribution in [1.29, 1.82) is 0 Å². The molecule has 2 rings (SSSR count). The monoisotopic (exact) mass is 278 g/mol. The van der Waals surface area contributed by atoms with Crippen molar-refractivity contribution >= 4 is 11.8 Å². The summed E-state index contributed by atoms with van der Waals surface area (Å²) in [6.07, 6.45) is 1.37. The molecule has 0 saturated heterocycles. The molecule has 0 aliphatic rings. The Balaban J connectivity index is 1.76. The second kappa shape index (κ2) is 7.31. The molecule has 1 heterocycles. The van der Waals surface area contributed by atoms with Crippen LogP contribution in [0.4, 0.5) is 0 Å². The van der Waals surface area contributed by atoms with E-state index in [2.05, 4.69) is 17.1 Å². The van der Waals surface area contributed by atoms with Gasteiger partial charge in [-0.25, -0.2) is 0 Å². The highest BCUT2D eigenvalue weighted by Gasteiger charge is 2.09. The van der Waals surface area contributed by atoms with Crippen LogP contribution in [0.25, 0.3) is 0 Å². The lowest BCUT2D eigenvalue weighted by Gasteiger charge is -2.09. The molecule has 0 bridgehead atoms. The van der Waals surface area contributed by atoms with Crippen molar-refractivity contribution in [3.63, 3.8) is 0 Å². The number of aromatic nitrogens is 2. The number of thioether (sulfide) groups is 1. The number of nitrogens with zero attached hydrogens (tertiary/aromatic N) is 2. The molecule has 4 nitrogen and oxygen atoms in total. The highest BCUT2D eigenvalue weighted by atomic mass is 32.2. The van der Waals surface area contributed by atoms with Gasteiger partial charge >= 0.3 is 0 Å². The van der Waals surface area contributed by atoms with Gasteiger partial charge in [-0.1, -0.05) is 42.4 Å². The van der Waals surface area contributed by atoms with Gasteiger partial charge in [-0.2, -0.15) is 16.7 Å². The topological polar surface area (TPSA) is 59.2 Å². The van der Waals surface area contributed by atoms with E-state index in [1.807, 2.05) is 30.3 Å². The standard InChI is InChI=1S/C14H18N2O2S/c1-2-6-14-15-13(16-18-14)10-19-9-12(17)11-7-4-3-5-8-11/h3-5,7-8,12,17H,2,6,9-10H2,1H3. The summed E-state index contributed by atoms with van der Waals surface area (Å²) in [5.74, 6) is 2.69. The second-order valence-electron chi connectivity index (χ2n) is 4.30. The molecule has 1 aromatic carbocycles. The fraction of sp³-hybridized carbons (Fsp3) is 0.429. The van der Waals surface area contributed by atoms with Crippen molar-refractivity contribution < 1.29 is 9.63 Å². The number of aliphatic hydroxyl groups excluding tert-OH is 1. The molecule has 1 atom stereocenters. The molecule has 1 N–H and O–H groups in total. The van der Waals surface area contributed by atoms with Gasteiger partial charge in [0.2, 0.25) is 5.89 Å². The summed E-state index contributed by atoms with van der Waals surface area (Å²) in [5.41, 5.74) is 0.940. The van der Waals surface area contributed by atoms with Crippen LogP contribution in [0, 0.1) is 0 Å². The van der Waals surface area contributed by atoms with Crippen molar-refractivity contribution in [2.24, 2.45) is 0 Å². The first kappa shape index (κ1) is 14.1. The maximum atomic E-state index is 10.0. The third kappa shape index (κ3) is 4.36. The number of aliphatic hydroxyl groups is 1. The van der Waals surface area contributed by atoms with Gasteiger partial charge in [0.05, 0.1) is 11.9 Å². The minimum atomic E-state index is -0.451. The van der Waals surface area contributed by atoms with Crippen molar-refractivity contribution in [3.8, 4) is 0 Å². The maximum absolute atomic E-state index is 10.0. The van der Waals surface area contributed by atoms with Crippen LogP contribution in [-0.2, 0) is 12.2 Å². The van der Waals surface area contributed by atoms with Crippen molar-refractivity contribution in [2.75, 3.05) is 5.75 Å². The normalized spacial score (nSPS) is 12.5.